The minimum Gasteiger partial charge on any atom is -0.468 e. The molecular formula is C11H8F6O2. The van der Waals surface area contributed by atoms with E-state index in [1.54, 1.807) is 0 Å². The standard InChI is InChI=1S/C11H8F6O2/c1-19-9(18)8(11(15,16)17)6-2-4-7(5-3-6)10(12,13)14/h2-5,8H,1H3. The van der Waals surface area contributed by atoms with Gasteiger partial charge in [0.05, 0.1) is 12.7 Å². The maximum Gasteiger partial charge on any atom is 0.416 e. The van der Waals surface area contributed by atoms with E-state index in [1.165, 1.54) is 0 Å². The predicted molar refractivity (Wildman–Crippen MR) is 52.3 cm³/mol. The molecule has 1 aromatic carbocycles. The number of carbonyl (C=O) groups excluding carboxylic acids is 1. The number of carbonyl (C=O) groups is 1. The van der Waals surface area contributed by atoms with Crippen molar-refractivity contribution < 1.29 is 35.9 Å². The van der Waals surface area contributed by atoms with Crippen LogP contribution in [0, 0.1) is 0 Å². The van der Waals surface area contributed by atoms with E-state index >= 15 is 0 Å². The van der Waals surface area contributed by atoms with Crippen LogP contribution in [-0.4, -0.2) is 19.3 Å². The van der Waals surface area contributed by atoms with Crippen LogP contribution in [0.5, 0.6) is 0 Å². The number of ether oxygens (including phenoxy) is 1. The number of esters is 1. The molecule has 8 heteroatoms. The first kappa shape index (κ1) is 15.3. The van der Waals surface area contributed by atoms with Crippen molar-refractivity contribution in [2.75, 3.05) is 7.11 Å². The minimum absolute atomic E-state index is 0.483. The molecule has 1 rings (SSSR count). The molecule has 0 aliphatic heterocycles. The summed E-state index contributed by atoms with van der Waals surface area (Å²) in [6.45, 7) is 0. The Hall–Kier alpha value is -1.73. The number of rotatable bonds is 2. The SMILES string of the molecule is COC(=O)C(c1ccc(C(F)(F)F)cc1)C(F)(F)F. The summed E-state index contributed by atoms with van der Waals surface area (Å²) in [7, 11) is 0.769. The molecule has 0 aromatic heterocycles. The highest BCUT2D eigenvalue weighted by Crippen LogP contribution is 2.37. The molecule has 0 bridgehead atoms. The zero-order valence-electron chi connectivity index (χ0n) is 9.47. The van der Waals surface area contributed by atoms with Crippen LogP contribution in [0.2, 0.25) is 0 Å². The second-order valence-corrected chi connectivity index (χ2v) is 3.62. The summed E-state index contributed by atoms with van der Waals surface area (Å²) in [5.74, 6) is -4.17. The summed E-state index contributed by atoms with van der Waals surface area (Å²) in [6, 6.07) is 2.18. The third-order valence-electron chi connectivity index (χ3n) is 2.34. The molecule has 0 saturated heterocycles. The van der Waals surface area contributed by atoms with E-state index in [0.717, 1.165) is 7.11 Å². The summed E-state index contributed by atoms with van der Waals surface area (Å²) >= 11 is 0. The van der Waals surface area contributed by atoms with Crippen LogP contribution >= 0.6 is 0 Å². The van der Waals surface area contributed by atoms with Gasteiger partial charge in [0.15, 0.2) is 5.92 Å². The first-order valence-electron chi connectivity index (χ1n) is 4.89. The number of alkyl halides is 6. The molecule has 0 radical (unpaired) electrons. The summed E-state index contributed by atoms with van der Waals surface area (Å²) in [5, 5.41) is 0. The van der Waals surface area contributed by atoms with E-state index in [0.29, 0.717) is 24.3 Å². The van der Waals surface area contributed by atoms with Gasteiger partial charge in [-0.05, 0) is 17.7 Å². The van der Waals surface area contributed by atoms with Crippen LogP contribution in [0.15, 0.2) is 24.3 Å². The maximum absolute atomic E-state index is 12.7. The Labute approximate surface area is 104 Å². The Morgan fingerprint density at radius 3 is 1.84 bits per heavy atom. The highest BCUT2D eigenvalue weighted by molar-refractivity contribution is 5.79. The second-order valence-electron chi connectivity index (χ2n) is 3.62. The van der Waals surface area contributed by atoms with Gasteiger partial charge in [-0.2, -0.15) is 26.3 Å². The van der Waals surface area contributed by atoms with Crippen LogP contribution in [0.1, 0.15) is 17.0 Å². The molecule has 0 spiro atoms. The third-order valence-corrected chi connectivity index (χ3v) is 2.34. The molecular weight excluding hydrogens is 278 g/mol. The number of hydrogen-bond acceptors (Lipinski definition) is 2. The number of halogens is 6. The average molecular weight is 286 g/mol. The lowest BCUT2D eigenvalue weighted by Gasteiger charge is -2.18. The van der Waals surface area contributed by atoms with Crippen molar-refractivity contribution in [1.82, 2.24) is 0 Å². The van der Waals surface area contributed by atoms with Gasteiger partial charge in [-0.3, -0.25) is 4.79 Å². The number of benzene rings is 1. The lowest BCUT2D eigenvalue weighted by molar-refractivity contribution is -0.179. The molecule has 0 aliphatic rings. The Bertz CT molecular complexity index is 446. The largest absolute Gasteiger partial charge is 0.468 e. The monoisotopic (exact) mass is 286 g/mol. The predicted octanol–water partition coefficient (Wildman–Crippen LogP) is 3.52. The van der Waals surface area contributed by atoms with Crippen molar-refractivity contribution in [3.8, 4) is 0 Å². The van der Waals surface area contributed by atoms with Gasteiger partial charge in [-0.1, -0.05) is 12.1 Å². The van der Waals surface area contributed by atoms with Crippen molar-refractivity contribution in [2.24, 2.45) is 0 Å². The van der Waals surface area contributed by atoms with Gasteiger partial charge in [0.2, 0.25) is 0 Å². The topological polar surface area (TPSA) is 26.3 Å². The number of hydrogen-bond donors (Lipinski definition) is 0. The van der Waals surface area contributed by atoms with Crippen molar-refractivity contribution in [1.29, 1.82) is 0 Å². The maximum atomic E-state index is 12.7. The van der Waals surface area contributed by atoms with Gasteiger partial charge in [-0.15, -0.1) is 0 Å². The van der Waals surface area contributed by atoms with E-state index in [9.17, 15) is 31.1 Å². The fraction of sp³-hybridized carbons (Fsp3) is 0.364. The molecule has 0 saturated carbocycles. The zero-order chi connectivity index (χ0) is 14.8. The lowest BCUT2D eigenvalue weighted by Crippen LogP contribution is -2.29. The van der Waals surface area contributed by atoms with Gasteiger partial charge >= 0.3 is 18.3 Å². The van der Waals surface area contributed by atoms with Gasteiger partial charge in [0, 0.05) is 0 Å². The molecule has 0 heterocycles. The summed E-state index contributed by atoms with van der Waals surface area (Å²) < 4.78 is 78.8. The molecule has 1 unspecified atom stereocenters. The van der Waals surface area contributed by atoms with E-state index in [4.69, 9.17) is 0 Å². The minimum atomic E-state index is -4.94. The Kier molecular flexibility index (Phi) is 4.12. The summed E-state index contributed by atoms with van der Waals surface area (Å²) in [6.07, 6.45) is -9.59. The van der Waals surface area contributed by atoms with Crippen molar-refractivity contribution in [3.63, 3.8) is 0 Å². The van der Waals surface area contributed by atoms with Crippen molar-refractivity contribution in [3.05, 3.63) is 35.4 Å². The average Bonchev–Trinajstić information content (AvgIpc) is 2.26. The molecule has 0 aliphatic carbocycles. The fourth-order valence-corrected chi connectivity index (χ4v) is 1.44. The molecule has 0 amide bonds. The van der Waals surface area contributed by atoms with Crippen LogP contribution < -0.4 is 0 Å². The molecule has 1 aromatic rings. The van der Waals surface area contributed by atoms with E-state index in [1.807, 2.05) is 0 Å². The number of methoxy groups -OCH3 is 1. The van der Waals surface area contributed by atoms with Gasteiger partial charge in [0.1, 0.15) is 0 Å². The van der Waals surface area contributed by atoms with E-state index in [2.05, 4.69) is 4.74 Å². The van der Waals surface area contributed by atoms with E-state index < -0.39 is 35.4 Å². The van der Waals surface area contributed by atoms with Gasteiger partial charge in [-0.25, -0.2) is 0 Å². The molecule has 19 heavy (non-hydrogen) atoms. The van der Waals surface area contributed by atoms with Gasteiger partial charge < -0.3 is 4.74 Å². The Morgan fingerprint density at radius 1 is 1.05 bits per heavy atom. The Morgan fingerprint density at radius 2 is 1.53 bits per heavy atom. The molecule has 2 nitrogen and oxygen atoms in total. The summed E-state index contributed by atoms with van der Waals surface area (Å²) in [4.78, 5) is 11.1. The molecule has 1 atom stereocenters. The Balaban J connectivity index is 3.16. The first-order chi connectivity index (χ1) is 8.57. The van der Waals surface area contributed by atoms with Crippen LogP contribution in [0.3, 0.4) is 0 Å². The third kappa shape index (κ3) is 3.62. The van der Waals surface area contributed by atoms with Crippen molar-refractivity contribution >= 4 is 5.97 Å². The lowest BCUT2D eigenvalue weighted by atomic mass is 9.97. The molecule has 106 valence electrons. The molecule has 0 N–H and O–H groups in total. The summed E-state index contributed by atoms with van der Waals surface area (Å²) in [5.41, 5.74) is -1.70. The molecule has 0 fully saturated rings. The first-order valence-corrected chi connectivity index (χ1v) is 4.89. The van der Waals surface area contributed by atoms with Crippen molar-refractivity contribution in [2.45, 2.75) is 18.3 Å². The van der Waals surface area contributed by atoms with Crippen LogP contribution in [-0.2, 0) is 15.7 Å². The smallest absolute Gasteiger partial charge is 0.416 e. The van der Waals surface area contributed by atoms with Gasteiger partial charge in [0.25, 0.3) is 0 Å². The van der Waals surface area contributed by atoms with E-state index in [-0.39, 0.29) is 0 Å². The highest BCUT2D eigenvalue weighted by Gasteiger charge is 2.47. The van der Waals surface area contributed by atoms with Crippen LogP contribution in [0.4, 0.5) is 26.3 Å². The van der Waals surface area contributed by atoms with Crippen LogP contribution in [0.25, 0.3) is 0 Å². The highest BCUT2D eigenvalue weighted by atomic mass is 19.4. The quantitative estimate of drug-likeness (QED) is 0.614. The zero-order valence-corrected chi connectivity index (χ0v) is 9.47. The fourth-order valence-electron chi connectivity index (χ4n) is 1.44. The normalized spacial score (nSPS) is 14.1. The second kappa shape index (κ2) is 5.10.